The Morgan fingerprint density at radius 1 is 1.10 bits per heavy atom. The van der Waals surface area contributed by atoms with Gasteiger partial charge in [-0.2, -0.15) is 18.3 Å². The maximum Gasteiger partial charge on any atom is 0.416 e. The highest BCUT2D eigenvalue weighted by Gasteiger charge is 2.30. The van der Waals surface area contributed by atoms with Gasteiger partial charge in [0.25, 0.3) is 5.91 Å². The molecule has 0 bridgehead atoms. The lowest BCUT2D eigenvalue weighted by atomic mass is 10.2. The van der Waals surface area contributed by atoms with Crippen LogP contribution in [0.4, 0.5) is 29.3 Å². The molecule has 0 fully saturated rings. The Balaban J connectivity index is 1.78. The lowest BCUT2D eigenvalue weighted by Crippen LogP contribution is -2.37. The fourth-order valence-electron chi connectivity index (χ4n) is 2.19. The van der Waals surface area contributed by atoms with Crippen molar-refractivity contribution in [2.75, 3.05) is 30.9 Å². The molecular weight excluding hydrogens is 387 g/mol. The van der Waals surface area contributed by atoms with E-state index < -0.39 is 30.2 Å². The Kier molecular flexibility index (Phi) is 7.18. The molecule has 0 unspecified atom stereocenters. The average Bonchev–Trinajstić information content (AvgIpc) is 2.66. The summed E-state index contributed by atoms with van der Waals surface area (Å²) in [5, 5.41) is 8.25. The summed E-state index contributed by atoms with van der Waals surface area (Å²) < 4.78 is 38.0. The molecule has 2 aromatic rings. The maximum atomic E-state index is 12.7. The van der Waals surface area contributed by atoms with E-state index in [0.29, 0.717) is 0 Å². The zero-order valence-electron chi connectivity index (χ0n) is 15.7. The highest BCUT2D eigenvalue weighted by atomic mass is 19.4. The van der Waals surface area contributed by atoms with Gasteiger partial charge in [-0.3, -0.25) is 4.79 Å². The van der Waals surface area contributed by atoms with Crippen molar-refractivity contribution in [3.05, 3.63) is 59.7 Å². The number of alkyl halides is 3. The monoisotopic (exact) mass is 407 g/mol. The zero-order chi connectivity index (χ0) is 21.4. The summed E-state index contributed by atoms with van der Waals surface area (Å²) in [4.78, 5) is 25.4. The molecule has 0 aliphatic heterocycles. The number of nitrogens with one attached hydrogen (secondary N) is 3. The van der Waals surface area contributed by atoms with Crippen LogP contribution in [0.3, 0.4) is 0 Å². The third-order valence-electron chi connectivity index (χ3n) is 3.67. The number of halogens is 3. The quantitative estimate of drug-likeness (QED) is 0.508. The van der Waals surface area contributed by atoms with Crippen LogP contribution in [0.1, 0.15) is 11.1 Å². The van der Waals surface area contributed by atoms with Gasteiger partial charge < -0.3 is 15.5 Å². The third-order valence-corrected chi connectivity index (χ3v) is 3.67. The lowest BCUT2D eigenvalue weighted by molar-refractivity contribution is -0.137. The molecule has 3 amide bonds. The van der Waals surface area contributed by atoms with Crippen molar-refractivity contribution in [3.63, 3.8) is 0 Å². The molecular formula is C19H20F3N5O2. The fraction of sp³-hybridized carbons (Fsp3) is 0.211. The van der Waals surface area contributed by atoms with Crippen molar-refractivity contribution in [1.82, 2.24) is 10.7 Å². The maximum absolute atomic E-state index is 12.7. The van der Waals surface area contributed by atoms with E-state index in [0.717, 1.165) is 23.4 Å². The van der Waals surface area contributed by atoms with Gasteiger partial charge in [0.15, 0.2) is 0 Å². The van der Waals surface area contributed by atoms with Crippen molar-refractivity contribution in [2.45, 2.75) is 6.18 Å². The number of hydrogen-bond acceptors (Lipinski definition) is 4. The van der Waals surface area contributed by atoms with Crippen LogP contribution in [0.2, 0.25) is 0 Å². The summed E-state index contributed by atoms with van der Waals surface area (Å²) in [6.07, 6.45) is -3.07. The number of hydrazone groups is 1. The molecule has 154 valence electrons. The molecule has 0 aromatic heterocycles. The largest absolute Gasteiger partial charge is 0.416 e. The molecule has 7 nitrogen and oxygen atoms in total. The molecule has 0 saturated carbocycles. The number of hydrogen-bond donors (Lipinski definition) is 3. The second kappa shape index (κ2) is 9.58. The highest BCUT2D eigenvalue weighted by Crippen LogP contribution is 2.30. The molecule has 0 aliphatic rings. The lowest BCUT2D eigenvalue weighted by Gasteiger charge is -2.11. The van der Waals surface area contributed by atoms with Crippen molar-refractivity contribution >= 4 is 29.5 Å². The molecule has 0 aliphatic carbocycles. The van der Waals surface area contributed by atoms with Crippen LogP contribution >= 0.6 is 0 Å². The number of amides is 3. The minimum absolute atomic E-state index is 0.0445. The first-order chi connectivity index (χ1) is 13.6. The predicted octanol–water partition coefficient (Wildman–Crippen LogP) is 3.04. The first kappa shape index (κ1) is 21.7. The van der Waals surface area contributed by atoms with Gasteiger partial charge in [-0.15, -0.1) is 0 Å². The Morgan fingerprint density at radius 2 is 1.79 bits per heavy atom. The first-order valence-corrected chi connectivity index (χ1v) is 8.46. The van der Waals surface area contributed by atoms with E-state index in [2.05, 4.69) is 21.2 Å². The number of carbonyl (C=O) groups is 2. The molecule has 0 spiro atoms. The number of rotatable bonds is 6. The van der Waals surface area contributed by atoms with Gasteiger partial charge in [0, 0.05) is 25.5 Å². The van der Waals surface area contributed by atoms with E-state index in [1.54, 1.807) is 0 Å². The smallest absolute Gasteiger partial charge is 0.378 e. The topological polar surface area (TPSA) is 85.8 Å². The zero-order valence-corrected chi connectivity index (χ0v) is 15.7. The predicted molar refractivity (Wildman–Crippen MR) is 105 cm³/mol. The molecule has 2 rings (SSSR count). The normalized spacial score (nSPS) is 11.2. The summed E-state index contributed by atoms with van der Waals surface area (Å²) in [5.74, 6) is -0.592. The number of anilines is 2. The minimum Gasteiger partial charge on any atom is -0.378 e. The van der Waals surface area contributed by atoms with Gasteiger partial charge in [-0.1, -0.05) is 18.2 Å². The average molecular weight is 407 g/mol. The minimum atomic E-state index is -4.52. The second-order valence-corrected chi connectivity index (χ2v) is 6.17. The molecule has 0 heterocycles. The van der Waals surface area contributed by atoms with Crippen LogP contribution < -0.4 is 21.0 Å². The summed E-state index contributed by atoms with van der Waals surface area (Å²) in [6.45, 7) is -0.401. The number of benzene rings is 2. The first-order valence-electron chi connectivity index (χ1n) is 8.46. The van der Waals surface area contributed by atoms with Crippen molar-refractivity contribution in [2.24, 2.45) is 5.10 Å². The van der Waals surface area contributed by atoms with E-state index in [9.17, 15) is 22.8 Å². The van der Waals surface area contributed by atoms with E-state index in [1.165, 1.54) is 18.3 Å². The molecule has 10 heteroatoms. The Labute approximate surface area is 165 Å². The highest BCUT2D eigenvalue weighted by molar-refractivity contribution is 5.92. The Hall–Kier alpha value is -3.56. The van der Waals surface area contributed by atoms with Crippen LogP contribution in [-0.4, -0.2) is 38.8 Å². The Bertz CT molecular complexity index is 880. The number of urea groups is 1. The van der Waals surface area contributed by atoms with Crippen LogP contribution in [0, 0.1) is 0 Å². The van der Waals surface area contributed by atoms with Crippen molar-refractivity contribution < 1.29 is 22.8 Å². The van der Waals surface area contributed by atoms with Gasteiger partial charge in [0.05, 0.1) is 11.8 Å². The molecule has 0 atom stereocenters. The van der Waals surface area contributed by atoms with Crippen LogP contribution in [-0.2, 0) is 11.0 Å². The summed E-state index contributed by atoms with van der Waals surface area (Å²) in [6, 6.07) is 10.8. The summed E-state index contributed by atoms with van der Waals surface area (Å²) in [7, 11) is 3.83. The van der Waals surface area contributed by atoms with E-state index >= 15 is 0 Å². The molecule has 0 radical (unpaired) electrons. The van der Waals surface area contributed by atoms with Gasteiger partial charge in [-0.05, 0) is 35.9 Å². The fourth-order valence-corrected chi connectivity index (χ4v) is 2.19. The van der Waals surface area contributed by atoms with Crippen LogP contribution in [0.5, 0.6) is 0 Å². The van der Waals surface area contributed by atoms with E-state index in [4.69, 9.17) is 0 Å². The van der Waals surface area contributed by atoms with Crippen molar-refractivity contribution in [3.8, 4) is 0 Å². The van der Waals surface area contributed by atoms with E-state index in [-0.39, 0.29) is 5.69 Å². The summed E-state index contributed by atoms with van der Waals surface area (Å²) in [5.41, 5.74) is 3.10. The van der Waals surface area contributed by atoms with Gasteiger partial charge >= 0.3 is 12.2 Å². The number of carbonyl (C=O) groups excluding carboxylic acids is 2. The summed E-state index contributed by atoms with van der Waals surface area (Å²) >= 11 is 0. The van der Waals surface area contributed by atoms with E-state index in [1.807, 2.05) is 43.3 Å². The second-order valence-electron chi connectivity index (χ2n) is 6.17. The molecule has 0 saturated heterocycles. The van der Waals surface area contributed by atoms with Gasteiger partial charge in [-0.25, -0.2) is 10.2 Å². The van der Waals surface area contributed by atoms with Crippen LogP contribution in [0.15, 0.2) is 53.6 Å². The molecule has 29 heavy (non-hydrogen) atoms. The van der Waals surface area contributed by atoms with Crippen LogP contribution in [0.25, 0.3) is 0 Å². The standard InChI is InChI=1S/C19H20F3N5O2/c1-27(2)16-8-6-13(7-9-16)11-24-26-17(28)12-23-18(29)25-15-5-3-4-14(10-15)19(20,21)22/h3-11H,12H2,1-2H3,(H,26,28)(H2,23,25,29)/b24-11+. The molecule has 3 N–H and O–H groups in total. The number of nitrogens with zero attached hydrogens (tertiary/aromatic N) is 2. The SMILES string of the molecule is CN(C)c1ccc(/C=N/NC(=O)CNC(=O)Nc2cccc(C(F)(F)F)c2)cc1. The van der Waals surface area contributed by atoms with Gasteiger partial charge in [0.1, 0.15) is 6.54 Å². The molecule has 2 aromatic carbocycles. The van der Waals surface area contributed by atoms with Crippen molar-refractivity contribution in [1.29, 1.82) is 0 Å². The Morgan fingerprint density at radius 3 is 2.41 bits per heavy atom. The van der Waals surface area contributed by atoms with Gasteiger partial charge in [0.2, 0.25) is 0 Å². The third kappa shape index (κ3) is 7.17.